The maximum atomic E-state index is 12.5. The van der Waals surface area contributed by atoms with E-state index in [1.54, 1.807) is 0 Å². The van der Waals surface area contributed by atoms with E-state index in [0.717, 1.165) is 64.7 Å². The minimum Gasteiger partial charge on any atom is -0.355 e. The summed E-state index contributed by atoms with van der Waals surface area (Å²) in [5.41, 5.74) is -0.212. The van der Waals surface area contributed by atoms with Crippen LogP contribution in [-0.2, 0) is 9.59 Å². The van der Waals surface area contributed by atoms with Gasteiger partial charge in [-0.15, -0.1) is 0 Å². The Labute approximate surface area is 127 Å². The van der Waals surface area contributed by atoms with E-state index in [4.69, 9.17) is 0 Å². The highest BCUT2D eigenvalue weighted by Gasteiger charge is 2.38. The standard InChI is InChI=1S/C16H29N3O2/c1-2-6-16(7-10-17-11-8-16)15(21)18-9-5-14(20)19-12-3-4-13-19/h17H,2-13H2,1H3,(H,18,21). The number of piperidine rings is 1. The van der Waals surface area contributed by atoms with Crippen LogP contribution in [0, 0.1) is 5.41 Å². The highest BCUT2D eigenvalue weighted by Crippen LogP contribution is 2.34. The Morgan fingerprint density at radius 2 is 1.86 bits per heavy atom. The van der Waals surface area contributed by atoms with Gasteiger partial charge in [-0.3, -0.25) is 9.59 Å². The number of nitrogens with zero attached hydrogens (tertiary/aromatic N) is 1. The van der Waals surface area contributed by atoms with Crippen LogP contribution in [0.25, 0.3) is 0 Å². The van der Waals surface area contributed by atoms with Crippen molar-refractivity contribution >= 4 is 11.8 Å². The van der Waals surface area contributed by atoms with E-state index in [2.05, 4.69) is 17.6 Å². The Kier molecular flexibility index (Phi) is 6.03. The third kappa shape index (κ3) is 4.19. The average molecular weight is 295 g/mol. The molecule has 0 aliphatic carbocycles. The highest BCUT2D eigenvalue weighted by molar-refractivity contribution is 5.83. The summed E-state index contributed by atoms with van der Waals surface area (Å²) in [6.45, 7) is 6.22. The molecular weight excluding hydrogens is 266 g/mol. The van der Waals surface area contributed by atoms with Gasteiger partial charge in [-0.2, -0.15) is 0 Å². The van der Waals surface area contributed by atoms with Gasteiger partial charge >= 0.3 is 0 Å². The quantitative estimate of drug-likeness (QED) is 0.776. The Balaban J connectivity index is 1.77. The summed E-state index contributed by atoms with van der Waals surface area (Å²) < 4.78 is 0. The lowest BCUT2D eigenvalue weighted by molar-refractivity contribution is -0.133. The molecule has 0 aromatic rings. The molecular formula is C16H29N3O2. The van der Waals surface area contributed by atoms with Crippen molar-refractivity contribution in [3.8, 4) is 0 Å². The first-order chi connectivity index (χ1) is 10.2. The molecule has 21 heavy (non-hydrogen) atoms. The fourth-order valence-corrected chi connectivity index (χ4v) is 3.57. The van der Waals surface area contributed by atoms with Gasteiger partial charge in [0.15, 0.2) is 0 Å². The van der Waals surface area contributed by atoms with E-state index in [-0.39, 0.29) is 17.2 Å². The average Bonchev–Trinajstić information content (AvgIpc) is 3.02. The van der Waals surface area contributed by atoms with Gasteiger partial charge in [0, 0.05) is 26.1 Å². The molecule has 2 amide bonds. The molecule has 2 fully saturated rings. The van der Waals surface area contributed by atoms with Gasteiger partial charge in [0.1, 0.15) is 0 Å². The lowest BCUT2D eigenvalue weighted by Gasteiger charge is -2.36. The molecule has 0 aromatic heterocycles. The molecule has 0 atom stereocenters. The van der Waals surface area contributed by atoms with Crippen molar-refractivity contribution in [3.63, 3.8) is 0 Å². The molecule has 0 unspecified atom stereocenters. The number of nitrogens with one attached hydrogen (secondary N) is 2. The molecule has 5 nitrogen and oxygen atoms in total. The summed E-state index contributed by atoms with van der Waals surface area (Å²) in [7, 11) is 0. The Morgan fingerprint density at radius 1 is 1.19 bits per heavy atom. The smallest absolute Gasteiger partial charge is 0.226 e. The Morgan fingerprint density at radius 3 is 2.48 bits per heavy atom. The number of hydrogen-bond donors (Lipinski definition) is 2. The van der Waals surface area contributed by atoms with E-state index >= 15 is 0 Å². The molecule has 2 heterocycles. The lowest BCUT2D eigenvalue weighted by Crippen LogP contribution is -2.48. The summed E-state index contributed by atoms with van der Waals surface area (Å²) in [5, 5.41) is 6.34. The minimum atomic E-state index is -0.212. The largest absolute Gasteiger partial charge is 0.355 e. The number of likely N-dealkylation sites (tertiary alicyclic amines) is 1. The summed E-state index contributed by atoms with van der Waals surface area (Å²) in [6.07, 6.45) is 6.46. The summed E-state index contributed by atoms with van der Waals surface area (Å²) in [4.78, 5) is 26.4. The van der Waals surface area contributed by atoms with Gasteiger partial charge in [-0.25, -0.2) is 0 Å². The first kappa shape index (κ1) is 16.3. The number of hydrogen-bond acceptors (Lipinski definition) is 3. The number of carbonyl (C=O) groups is 2. The third-order valence-electron chi connectivity index (χ3n) is 4.85. The third-order valence-corrected chi connectivity index (χ3v) is 4.85. The second-order valence-corrected chi connectivity index (χ2v) is 6.37. The van der Waals surface area contributed by atoms with Crippen molar-refractivity contribution < 1.29 is 9.59 Å². The van der Waals surface area contributed by atoms with E-state index in [1.807, 2.05) is 4.90 Å². The predicted octanol–water partition coefficient (Wildman–Crippen LogP) is 1.29. The van der Waals surface area contributed by atoms with Gasteiger partial charge in [-0.05, 0) is 45.2 Å². The number of amides is 2. The van der Waals surface area contributed by atoms with Gasteiger partial charge in [0.25, 0.3) is 0 Å². The van der Waals surface area contributed by atoms with Crippen molar-refractivity contribution in [2.45, 2.75) is 51.9 Å². The van der Waals surface area contributed by atoms with Crippen molar-refractivity contribution in [1.29, 1.82) is 0 Å². The molecule has 2 saturated heterocycles. The molecule has 0 radical (unpaired) electrons. The Hall–Kier alpha value is -1.10. The fraction of sp³-hybridized carbons (Fsp3) is 0.875. The first-order valence-corrected chi connectivity index (χ1v) is 8.45. The van der Waals surface area contributed by atoms with Crippen LogP contribution in [0.1, 0.15) is 51.9 Å². The van der Waals surface area contributed by atoms with Crippen LogP contribution < -0.4 is 10.6 Å². The maximum Gasteiger partial charge on any atom is 0.226 e. The molecule has 0 aromatic carbocycles. The van der Waals surface area contributed by atoms with E-state index in [9.17, 15) is 9.59 Å². The van der Waals surface area contributed by atoms with E-state index in [1.165, 1.54) is 0 Å². The summed E-state index contributed by atoms with van der Waals surface area (Å²) >= 11 is 0. The molecule has 2 aliphatic rings. The zero-order valence-corrected chi connectivity index (χ0v) is 13.2. The van der Waals surface area contributed by atoms with Crippen LogP contribution >= 0.6 is 0 Å². The van der Waals surface area contributed by atoms with Crippen LogP contribution in [0.4, 0.5) is 0 Å². The van der Waals surface area contributed by atoms with Gasteiger partial charge in [0.2, 0.25) is 11.8 Å². The lowest BCUT2D eigenvalue weighted by atomic mass is 9.74. The van der Waals surface area contributed by atoms with Crippen molar-refractivity contribution in [2.75, 3.05) is 32.7 Å². The van der Waals surface area contributed by atoms with Crippen LogP contribution in [0.5, 0.6) is 0 Å². The monoisotopic (exact) mass is 295 g/mol. The second kappa shape index (κ2) is 7.78. The summed E-state index contributed by atoms with van der Waals surface area (Å²) in [5.74, 6) is 0.336. The van der Waals surface area contributed by atoms with Gasteiger partial charge in [0.05, 0.1) is 5.41 Å². The van der Waals surface area contributed by atoms with Crippen LogP contribution in [-0.4, -0.2) is 49.4 Å². The minimum absolute atomic E-state index is 0.153. The number of rotatable bonds is 6. The SMILES string of the molecule is CCCC1(C(=O)NCCC(=O)N2CCCC2)CCNCC1. The maximum absolute atomic E-state index is 12.5. The Bertz CT molecular complexity index is 353. The van der Waals surface area contributed by atoms with Gasteiger partial charge < -0.3 is 15.5 Å². The van der Waals surface area contributed by atoms with E-state index < -0.39 is 0 Å². The molecule has 0 bridgehead atoms. The zero-order chi connectivity index (χ0) is 15.1. The molecule has 0 saturated carbocycles. The first-order valence-electron chi connectivity index (χ1n) is 8.45. The zero-order valence-electron chi connectivity index (χ0n) is 13.2. The fourth-order valence-electron chi connectivity index (χ4n) is 3.57. The van der Waals surface area contributed by atoms with Crippen molar-refractivity contribution in [2.24, 2.45) is 5.41 Å². The molecule has 120 valence electrons. The van der Waals surface area contributed by atoms with E-state index in [0.29, 0.717) is 13.0 Å². The van der Waals surface area contributed by atoms with Crippen LogP contribution in [0.3, 0.4) is 0 Å². The number of carbonyl (C=O) groups excluding carboxylic acids is 2. The topological polar surface area (TPSA) is 61.4 Å². The molecule has 2 N–H and O–H groups in total. The highest BCUT2D eigenvalue weighted by atomic mass is 16.2. The molecule has 2 aliphatic heterocycles. The normalized spacial score (nSPS) is 21.3. The molecule has 0 spiro atoms. The van der Waals surface area contributed by atoms with Crippen LogP contribution in [0.2, 0.25) is 0 Å². The summed E-state index contributed by atoms with van der Waals surface area (Å²) in [6, 6.07) is 0. The molecule has 2 rings (SSSR count). The van der Waals surface area contributed by atoms with Gasteiger partial charge in [-0.1, -0.05) is 13.3 Å². The van der Waals surface area contributed by atoms with Crippen molar-refractivity contribution in [3.05, 3.63) is 0 Å². The predicted molar refractivity (Wildman–Crippen MR) is 82.9 cm³/mol. The second-order valence-electron chi connectivity index (χ2n) is 6.37. The van der Waals surface area contributed by atoms with Crippen molar-refractivity contribution in [1.82, 2.24) is 15.5 Å². The molecule has 5 heteroatoms. The van der Waals surface area contributed by atoms with Crippen LogP contribution in [0.15, 0.2) is 0 Å².